The molecule has 0 bridgehead atoms. The van der Waals surface area contributed by atoms with E-state index < -0.39 is 39.5 Å². The molecule has 0 unspecified atom stereocenters. The summed E-state index contributed by atoms with van der Waals surface area (Å²) >= 11 is 1.18. The third-order valence-electron chi connectivity index (χ3n) is 3.49. The van der Waals surface area contributed by atoms with Gasteiger partial charge in [-0.15, -0.1) is 11.8 Å². The number of benzene rings is 1. The van der Waals surface area contributed by atoms with Crippen LogP contribution in [-0.4, -0.2) is 48.9 Å². The van der Waals surface area contributed by atoms with Crippen LogP contribution in [0.1, 0.15) is 13.3 Å². The zero-order valence-corrected chi connectivity index (χ0v) is 15.0. The van der Waals surface area contributed by atoms with E-state index in [9.17, 15) is 26.8 Å². The number of hydrogen-bond acceptors (Lipinski definition) is 6. The van der Waals surface area contributed by atoms with E-state index in [2.05, 4.69) is 5.32 Å². The zero-order chi connectivity index (χ0) is 18.6. The lowest BCUT2D eigenvalue weighted by atomic mass is 10.3. The van der Waals surface area contributed by atoms with Gasteiger partial charge in [-0.25, -0.2) is 17.2 Å². The fraction of sp³-hybridized carbons (Fsp3) is 0.467. The van der Waals surface area contributed by atoms with E-state index in [4.69, 9.17) is 4.74 Å². The van der Waals surface area contributed by atoms with E-state index in [1.54, 1.807) is 0 Å². The monoisotopic (exact) mass is 393 g/mol. The summed E-state index contributed by atoms with van der Waals surface area (Å²) in [5, 5.41) is 2.16. The van der Waals surface area contributed by atoms with Gasteiger partial charge in [-0.2, -0.15) is 0 Å². The van der Waals surface area contributed by atoms with E-state index in [1.807, 2.05) is 0 Å². The van der Waals surface area contributed by atoms with Crippen LogP contribution in [0, 0.1) is 11.6 Å². The number of hydrogen-bond donors (Lipinski definition) is 1. The Morgan fingerprint density at radius 1 is 1.36 bits per heavy atom. The minimum atomic E-state index is -3.02. The first-order valence-electron chi connectivity index (χ1n) is 7.44. The van der Waals surface area contributed by atoms with E-state index in [-0.39, 0.29) is 28.2 Å². The number of thioether (sulfide) groups is 1. The van der Waals surface area contributed by atoms with Gasteiger partial charge in [0.2, 0.25) is 0 Å². The molecule has 2 rings (SSSR count). The summed E-state index contributed by atoms with van der Waals surface area (Å²) < 4.78 is 53.6. The Morgan fingerprint density at radius 2 is 2.08 bits per heavy atom. The largest absolute Gasteiger partial charge is 0.452 e. The van der Waals surface area contributed by atoms with Crippen LogP contribution in [0.3, 0.4) is 0 Å². The molecule has 6 nitrogen and oxygen atoms in total. The molecule has 25 heavy (non-hydrogen) atoms. The second-order valence-electron chi connectivity index (χ2n) is 5.59. The van der Waals surface area contributed by atoms with Crippen molar-refractivity contribution < 1.29 is 31.5 Å². The van der Waals surface area contributed by atoms with Crippen LogP contribution in [0.25, 0.3) is 0 Å². The maximum absolute atomic E-state index is 13.1. The summed E-state index contributed by atoms with van der Waals surface area (Å²) in [7, 11) is -3.02. The summed E-state index contributed by atoms with van der Waals surface area (Å²) in [4.78, 5) is 23.6. The molecule has 0 aromatic heterocycles. The molecule has 0 spiro atoms. The SMILES string of the molecule is C[C@H](OC(=O)CS[C@@H]1CCS(=O)(=O)C1)C(=O)Nc1ccc(F)c(F)c1. The van der Waals surface area contributed by atoms with Crippen molar-refractivity contribution in [2.75, 3.05) is 22.6 Å². The first-order valence-corrected chi connectivity index (χ1v) is 10.3. The zero-order valence-electron chi connectivity index (χ0n) is 13.3. The van der Waals surface area contributed by atoms with Gasteiger partial charge in [-0.1, -0.05) is 0 Å². The molecular formula is C15H17F2NO5S2. The van der Waals surface area contributed by atoms with E-state index >= 15 is 0 Å². The predicted octanol–water partition coefficient (Wildman–Crippen LogP) is 1.76. The van der Waals surface area contributed by atoms with Crippen molar-refractivity contribution in [2.45, 2.75) is 24.7 Å². The summed E-state index contributed by atoms with van der Waals surface area (Å²) in [5.41, 5.74) is 0.0392. The molecule has 0 radical (unpaired) electrons. The van der Waals surface area contributed by atoms with Crippen molar-refractivity contribution in [3.05, 3.63) is 29.8 Å². The van der Waals surface area contributed by atoms with Crippen molar-refractivity contribution in [3.8, 4) is 0 Å². The van der Waals surface area contributed by atoms with Crippen molar-refractivity contribution in [3.63, 3.8) is 0 Å². The Balaban J connectivity index is 1.78. The molecule has 1 amide bonds. The number of nitrogens with one attached hydrogen (secondary N) is 1. The van der Waals surface area contributed by atoms with E-state index in [0.717, 1.165) is 12.1 Å². The normalized spacial score (nSPS) is 20.0. The Labute approximate surface area is 148 Å². The lowest BCUT2D eigenvalue weighted by Gasteiger charge is -2.14. The number of halogens is 2. The minimum Gasteiger partial charge on any atom is -0.452 e. The second kappa shape index (κ2) is 8.13. The highest BCUT2D eigenvalue weighted by atomic mass is 32.2. The smallest absolute Gasteiger partial charge is 0.316 e. The molecule has 138 valence electrons. The first-order chi connectivity index (χ1) is 11.7. The number of carbonyl (C=O) groups excluding carboxylic acids is 2. The van der Waals surface area contributed by atoms with E-state index in [1.165, 1.54) is 24.8 Å². The predicted molar refractivity (Wildman–Crippen MR) is 90.1 cm³/mol. The van der Waals surface area contributed by atoms with Gasteiger partial charge in [-0.05, 0) is 25.5 Å². The molecule has 0 saturated carbocycles. The fourth-order valence-electron chi connectivity index (χ4n) is 2.18. The van der Waals surface area contributed by atoms with Gasteiger partial charge in [0.05, 0.1) is 17.3 Å². The lowest BCUT2D eigenvalue weighted by Crippen LogP contribution is -2.30. The molecule has 10 heteroatoms. The minimum absolute atomic E-state index is 0.0388. The molecule has 1 aromatic rings. The third kappa shape index (κ3) is 5.96. The van der Waals surface area contributed by atoms with Crippen molar-refractivity contribution >= 4 is 39.2 Å². The van der Waals surface area contributed by atoms with Crippen molar-refractivity contribution in [1.82, 2.24) is 0 Å². The highest BCUT2D eigenvalue weighted by Crippen LogP contribution is 2.24. The summed E-state index contributed by atoms with van der Waals surface area (Å²) in [6.07, 6.45) is -0.638. The second-order valence-corrected chi connectivity index (χ2v) is 9.10. The Morgan fingerprint density at radius 3 is 2.68 bits per heavy atom. The molecule has 2 atom stereocenters. The van der Waals surface area contributed by atoms with Gasteiger partial charge in [-0.3, -0.25) is 9.59 Å². The molecule has 1 aliphatic heterocycles. The maximum Gasteiger partial charge on any atom is 0.316 e. The standard InChI is InChI=1S/C15H17F2NO5S2/c1-9(15(20)18-10-2-3-12(16)13(17)6-10)23-14(19)7-24-11-4-5-25(21,22)8-11/h2-3,6,9,11H,4-5,7-8H2,1H3,(H,18,20)/t9-,11+/m0/s1. The van der Waals surface area contributed by atoms with Crippen LogP contribution in [0.2, 0.25) is 0 Å². The topological polar surface area (TPSA) is 89.5 Å². The quantitative estimate of drug-likeness (QED) is 0.741. The molecule has 1 aliphatic rings. The van der Waals surface area contributed by atoms with Crippen molar-refractivity contribution in [1.29, 1.82) is 0 Å². The highest BCUT2D eigenvalue weighted by molar-refractivity contribution is 8.02. The maximum atomic E-state index is 13.1. The molecule has 1 saturated heterocycles. The van der Waals surface area contributed by atoms with Gasteiger partial charge >= 0.3 is 5.97 Å². The average molecular weight is 393 g/mol. The molecule has 1 N–H and O–H groups in total. The number of sulfone groups is 1. The van der Waals surface area contributed by atoms with Crippen molar-refractivity contribution in [2.24, 2.45) is 0 Å². The Bertz CT molecular complexity index is 769. The molecule has 1 fully saturated rings. The average Bonchev–Trinajstić information content (AvgIpc) is 2.88. The van der Waals surface area contributed by atoms with Gasteiger partial charge < -0.3 is 10.1 Å². The number of rotatable bonds is 6. The van der Waals surface area contributed by atoms with Gasteiger partial charge in [0.1, 0.15) is 0 Å². The lowest BCUT2D eigenvalue weighted by molar-refractivity contribution is -0.150. The van der Waals surface area contributed by atoms with Crippen LogP contribution >= 0.6 is 11.8 Å². The molecule has 1 aromatic carbocycles. The van der Waals surface area contributed by atoms with Crippen LogP contribution in [0.15, 0.2) is 18.2 Å². The Hall–Kier alpha value is -1.68. The number of carbonyl (C=O) groups is 2. The van der Waals surface area contributed by atoms with Gasteiger partial charge in [0, 0.05) is 17.0 Å². The first kappa shape index (κ1) is 19.6. The summed E-state index contributed by atoms with van der Waals surface area (Å²) in [5.74, 6) is -3.39. The summed E-state index contributed by atoms with van der Waals surface area (Å²) in [6, 6.07) is 2.87. The molecule has 0 aliphatic carbocycles. The summed E-state index contributed by atoms with van der Waals surface area (Å²) in [6.45, 7) is 1.35. The number of ether oxygens (including phenoxy) is 1. The molecular weight excluding hydrogens is 376 g/mol. The fourth-order valence-corrected chi connectivity index (χ4v) is 5.60. The highest BCUT2D eigenvalue weighted by Gasteiger charge is 2.29. The van der Waals surface area contributed by atoms with Gasteiger partial charge in [0.15, 0.2) is 27.6 Å². The number of amides is 1. The number of esters is 1. The third-order valence-corrected chi connectivity index (χ3v) is 6.75. The Kier molecular flexibility index (Phi) is 6.39. The van der Waals surface area contributed by atoms with Crippen LogP contribution in [-0.2, 0) is 24.2 Å². The van der Waals surface area contributed by atoms with Crippen LogP contribution in [0.5, 0.6) is 0 Å². The molecule has 1 heterocycles. The van der Waals surface area contributed by atoms with Crippen LogP contribution in [0.4, 0.5) is 14.5 Å². The van der Waals surface area contributed by atoms with E-state index in [0.29, 0.717) is 6.42 Å². The number of anilines is 1. The van der Waals surface area contributed by atoms with Crippen LogP contribution < -0.4 is 5.32 Å². The van der Waals surface area contributed by atoms with Gasteiger partial charge in [0.25, 0.3) is 5.91 Å².